The quantitative estimate of drug-likeness (QED) is 0.807. The minimum Gasteiger partial charge on any atom is -0.496 e. The second-order valence-electron chi connectivity index (χ2n) is 3.33. The van der Waals surface area contributed by atoms with Gasteiger partial charge < -0.3 is 10.5 Å². The third-order valence-corrected chi connectivity index (χ3v) is 2.27. The van der Waals surface area contributed by atoms with Gasteiger partial charge in [0.25, 0.3) is 0 Å². The smallest absolute Gasteiger partial charge is 0.130 e. The first-order valence-electron chi connectivity index (χ1n) is 4.72. The van der Waals surface area contributed by atoms with E-state index in [1.807, 2.05) is 13.8 Å². The summed E-state index contributed by atoms with van der Waals surface area (Å²) in [5.74, 6) is 0.295. The molecule has 14 heavy (non-hydrogen) atoms. The number of rotatable bonds is 3. The number of hydrogen-bond donors (Lipinski definition) is 1. The van der Waals surface area contributed by atoms with Crippen molar-refractivity contribution in [2.75, 3.05) is 7.11 Å². The van der Waals surface area contributed by atoms with Crippen molar-refractivity contribution in [3.8, 4) is 5.75 Å². The van der Waals surface area contributed by atoms with Crippen molar-refractivity contribution in [1.29, 1.82) is 0 Å². The Hall–Kier alpha value is -1.09. The third-order valence-electron chi connectivity index (χ3n) is 2.27. The molecule has 0 aliphatic carbocycles. The van der Waals surface area contributed by atoms with Gasteiger partial charge in [-0.05, 0) is 25.0 Å². The van der Waals surface area contributed by atoms with Crippen LogP contribution in [0, 0.1) is 5.82 Å². The number of aryl methyl sites for hydroxylation is 1. The fourth-order valence-electron chi connectivity index (χ4n) is 1.42. The maximum Gasteiger partial charge on any atom is 0.130 e. The Morgan fingerprint density at radius 3 is 2.57 bits per heavy atom. The van der Waals surface area contributed by atoms with E-state index in [4.69, 9.17) is 10.5 Å². The van der Waals surface area contributed by atoms with E-state index in [9.17, 15) is 4.39 Å². The minimum absolute atomic E-state index is 0.143. The van der Waals surface area contributed by atoms with E-state index in [1.165, 1.54) is 13.2 Å². The molecular formula is C11H16FNO. The normalized spacial score (nSPS) is 12.6. The van der Waals surface area contributed by atoms with Gasteiger partial charge in [-0.3, -0.25) is 0 Å². The van der Waals surface area contributed by atoms with Crippen molar-refractivity contribution in [3.63, 3.8) is 0 Å². The largest absolute Gasteiger partial charge is 0.496 e. The van der Waals surface area contributed by atoms with Crippen LogP contribution in [0.25, 0.3) is 0 Å². The van der Waals surface area contributed by atoms with E-state index in [1.54, 1.807) is 6.07 Å². The summed E-state index contributed by atoms with van der Waals surface area (Å²) in [7, 11) is 1.52. The van der Waals surface area contributed by atoms with Crippen molar-refractivity contribution in [2.24, 2.45) is 5.73 Å². The predicted molar refractivity (Wildman–Crippen MR) is 54.9 cm³/mol. The molecule has 0 spiro atoms. The molecule has 1 unspecified atom stereocenters. The summed E-state index contributed by atoms with van der Waals surface area (Å²) in [6.07, 6.45) is 0.662. The van der Waals surface area contributed by atoms with Crippen LogP contribution >= 0.6 is 0 Å². The summed E-state index contributed by atoms with van der Waals surface area (Å²) in [6.45, 7) is 3.77. The van der Waals surface area contributed by atoms with Crippen LogP contribution < -0.4 is 10.5 Å². The van der Waals surface area contributed by atoms with Crippen LogP contribution in [0.15, 0.2) is 12.1 Å². The zero-order valence-electron chi connectivity index (χ0n) is 8.80. The van der Waals surface area contributed by atoms with Crippen molar-refractivity contribution < 1.29 is 9.13 Å². The second-order valence-corrected chi connectivity index (χ2v) is 3.33. The molecule has 1 atom stereocenters. The van der Waals surface area contributed by atoms with E-state index in [0.29, 0.717) is 17.7 Å². The molecule has 78 valence electrons. The summed E-state index contributed by atoms with van der Waals surface area (Å²) in [6, 6.07) is 3.03. The fraction of sp³-hybridized carbons (Fsp3) is 0.455. The van der Waals surface area contributed by atoms with E-state index in [2.05, 4.69) is 0 Å². The lowest BCUT2D eigenvalue weighted by molar-refractivity contribution is 0.402. The number of benzene rings is 1. The molecule has 0 aliphatic rings. The highest BCUT2D eigenvalue weighted by Gasteiger charge is 2.11. The molecule has 0 saturated carbocycles. The lowest BCUT2D eigenvalue weighted by Crippen LogP contribution is -2.08. The lowest BCUT2D eigenvalue weighted by atomic mass is 10.0. The Labute approximate surface area is 83.9 Å². The molecule has 2 nitrogen and oxygen atoms in total. The average Bonchev–Trinajstić information content (AvgIpc) is 2.16. The molecule has 0 aliphatic heterocycles. The van der Waals surface area contributed by atoms with Gasteiger partial charge in [0.1, 0.15) is 11.6 Å². The molecular weight excluding hydrogens is 181 g/mol. The molecule has 0 aromatic heterocycles. The standard InChI is InChI=1S/C11H16FNO/c1-4-8-5-9(7(2)13)11(14-3)6-10(8)12/h5-7H,4,13H2,1-3H3. The van der Waals surface area contributed by atoms with Crippen LogP contribution in [0.4, 0.5) is 4.39 Å². The summed E-state index contributed by atoms with van der Waals surface area (Å²) < 4.78 is 18.4. The van der Waals surface area contributed by atoms with E-state index in [-0.39, 0.29) is 11.9 Å². The highest BCUT2D eigenvalue weighted by molar-refractivity contribution is 5.40. The van der Waals surface area contributed by atoms with Crippen molar-refractivity contribution >= 4 is 0 Å². The molecule has 1 rings (SSSR count). The van der Waals surface area contributed by atoms with Crippen LogP contribution in [0.5, 0.6) is 5.75 Å². The van der Waals surface area contributed by atoms with Gasteiger partial charge in [0.2, 0.25) is 0 Å². The first-order valence-corrected chi connectivity index (χ1v) is 4.72. The Bertz CT molecular complexity index is 323. The molecule has 1 aromatic carbocycles. The van der Waals surface area contributed by atoms with Crippen LogP contribution in [0.2, 0.25) is 0 Å². The first-order chi connectivity index (χ1) is 6.60. The van der Waals surface area contributed by atoms with E-state index < -0.39 is 0 Å². The molecule has 2 N–H and O–H groups in total. The van der Waals surface area contributed by atoms with E-state index in [0.717, 1.165) is 5.56 Å². The predicted octanol–water partition coefficient (Wildman–Crippen LogP) is 2.42. The Morgan fingerprint density at radius 2 is 2.14 bits per heavy atom. The van der Waals surface area contributed by atoms with Crippen LogP contribution in [0.3, 0.4) is 0 Å². The van der Waals surface area contributed by atoms with Crippen molar-refractivity contribution in [1.82, 2.24) is 0 Å². The zero-order valence-corrected chi connectivity index (χ0v) is 8.80. The van der Waals surface area contributed by atoms with Gasteiger partial charge in [0.05, 0.1) is 7.11 Å². The topological polar surface area (TPSA) is 35.2 Å². The molecule has 1 aromatic rings. The minimum atomic E-state index is -0.228. The summed E-state index contributed by atoms with van der Waals surface area (Å²) >= 11 is 0. The summed E-state index contributed by atoms with van der Waals surface area (Å²) in [5.41, 5.74) is 7.29. The molecule has 3 heteroatoms. The highest BCUT2D eigenvalue weighted by Crippen LogP contribution is 2.27. The van der Waals surface area contributed by atoms with Gasteiger partial charge in [-0.15, -0.1) is 0 Å². The van der Waals surface area contributed by atoms with Crippen LogP contribution in [-0.2, 0) is 6.42 Å². The molecule has 0 heterocycles. The lowest BCUT2D eigenvalue weighted by Gasteiger charge is -2.13. The number of hydrogen-bond acceptors (Lipinski definition) is 2. The third kappa shape index (κ3) is 2.04. The van der Waals surface area contributed by atoms with Gasteiger partial charge in [-0.1, -0.05) is 6.92 Å². The molecule has 0 bridgehead atoms. The number of ether oxygens (including phenoxy) is 1. The number of halogens is 1. The van der Waals surface area contributed by atoms with Gasteiger partial charge in [-0.25, -0.2) is 4.39 Å². The Kier molecular flexibility index (Phi) is 3.47. The first kappa shape index (κ1) is 11.0. The maximum atomic E-state index is 13.4. The van der Waals surface area contributed by atoms with Crippen LogP contribution in [0.1, 0.15) is 31.0 Å². The van der Waals surface area contributed by atoms with E-state index >= 15 is 0 Å². The number of nitrogens with two attached hydrogens (primary N) is 1. The molecule has 0 fully saturated rings. The fourth-order valence-corrected chi connectivity index (χ4v) is 1.42. The summed E-state index contributed by atoms with van der Waals surface area (Å²) in [5, 5.41) is 0. The second kappa shape index (κ2) is 4.42. The van der Waals surface area contributed by atoms with Gasteiger partial charge in [0, 0.05) is 17.7 Å². The van der Waals surface area contributed by atoms with Crippen LogP contribution in [-0.4, -0.2) is 7.11 Å². The maximum absolute atomic E-state index is 13.4. The van der Waals surface area contributed by atoms with Crippen molar-refractivity contribution in [3.05, 3.63) is 29.1 Å². The Morgan fingerprint density at radius 1 is 1.50 bits per heavy atom. The Balaban J connectivity index is 3.25. The van der Waals surface area contributed by atoms with Gasteiger partial charge >= 0.3 is 0 Å². The zero-order chi connectivity index (χ0) is 10.7. The average molecular weight is 197 g/mol. The molecule has 0 saturated heterocycles. The van der Waals surface area contributed by atoms with Gasteiger partial charge in [0.15, 0.2) is 0 Å². The SMILES string of the molecule is CCc1cc(C(C)N)c(OC)cc1F. The summed E-state index contributed by atoms with van der Waals surface area (Å²) in [4.78, 5) is 0. The molecule has 0 amide bonds. The number of methoxy groups -OCH3 is 1. The van der Waals surface area contributed by atoms with Crippen molar-refractivity contribution in [2.45, 2.75) is 26.3 Å². The molecule has 0 radical (unpaired) electrons. The van der Waals surface area contributed by atoms with Gasteiger partial charge in [-0.2, -0.15) is 0 Å². The highest BCUT2D eigenvalue weighted by atomic mass is 19.1. The monoisotopic (exact) mass is 197 g/mol.